The van der Waals surface area contributed by atoms with Crippen molar-refractivity contribution >= 4 is 66.8 Å². The Balaban J connectivity index is 1.91. The normalized spacial score (nSPS) is 11.4. The van der Waals surface area contributed by atoms with E-state index in [1.807, 2.05) is 30.5 Å². The minimum absolute atomic E-state index is 0.744. The molecule has 0 aliphatic carbocycles. The molecule has 4 rings (SSSR count). The van der Waals surface area contributed by atoms with Crippen LogP contribution in [0.3, 0.4) is 0 Å². The van der Waals surface area contributed by atoms with Gasteiger partial charge in [0, 0.05) is 20.0 Å². The Labute approximate surface area is 151 Å². The number of hydrogen-bond acceptors (Lipinski definition) is 5. The van der Waals surface area contributed by atoms with Crippen LogP contribution < -0.4 is 0 Å². The van der Waals surface area contributed by atoms with E-state index in [0.29, 0.717) is 0 Å². The van der Waals surface area contributed by atoms with Crippen LogP contribution in [0.1, 0.15) is 0 Å². The molecule has 2 aromatic carbocycles. The van der Waals surface area contributed by atoms with Crippen molar-refractivity contribution in [2.24, 2.45) is 0 Å². The van der Waals surface area contributed by atoms with Gasteiger partial charge in [-0.25, -0.2) is 9.97 Å². The van der Waals surface area contributed by atoms with Crippen LogP contribution in [0.5, 0.6) is 0 Å². The summed E-state index contributed by atoms with van der Waals surface area (Å²) in [7, 11) is 0. The molecule has 0 radical (unpaired) electrons. The summed E-state index contributed by atoms with van der Waals surface area (Å²) < 4.78 is 2.39. The highest BCUT2D eigenvalue weighted by Crippen LogP contribution is 2.40. The first-order valence-electron chi connectivity index (χ1n) is 6.91. The molecule has 0 aliphatic heterocycles. The van der Waals surface area contributed by atoms with Crippen molar-refractivity contribution in [1.29, 1.82) is 0 Å². The highest BCUT2D eigenvalue weighted by molar-refractivity contribution is 8.00. The standard InChI is InChI=1S/C17H11ClN2S3/c1-21-17-19-14-12-4-2-3-5-13(12)23-15(14)16(20-17)22-11-8-6-10(18)7-9-11/h2-9H,1H3. The lowest BCUT2D eigenvalue weighted by Crippen LogP contribution is -1.89. The van der Waals surface area contributed by atoms with Gasteiger partial charge in [-0.05, 0) is 36.6 Å². The minimum atomic E-state index is 0.744. The van der Waals surface area contributed by atoms with Crippen molar-refractivity contribution < 1.29 is 0 Å². The van der Waals surface area contributed by atoms with E-state index in [2.05, 4.69) is 24.3 Å². The molecule has 0 unspecified atom stereocenters. The lowest BCUT2D eigenvalue weighted by Gasteiger charge is -2.04. The van der Waals surface area contributed by atoms with Crippen molar-refractivity contribution in [2.75, 3.05) is 6.26 Å². The Morgan fingerprint density at radius 1 is 1.00 bits per heavy atom. The fraction of sp³-hybridized carbons (Fsp3) is 0.0588. The largest absolute Gasteiger partial charge is 0.221 e. The molecule has 0 amide bonds. The number of aromatic nitrogens is 2. The van der Waals surface area contributed by atoms with Gasteiger partial charge >= 0.3 is 0 Å². The van der Waals surface area contributed by atoms with E-state index >= 15 is 0 Å². The van der Waals surface area contributed by atoms with Gasteiger partial charge in [0.15, 0.2) is 5.16 Å². The second kappa shape index (κ2) is 6.32. The Hall–Kier alpha value is -1.27. The first-order valence-corrected chi connectivity index (χ1v) is 10.1. The van der Waals surface area contributed by atoms with Gasteiger partial charge in [-0.2, -0.15) is 0 Å². The number of fused-ring (bicyclic) bond motifs is 3. The molecule has 0 aliphatic rings. The molecular weight excluding hydrogens is 364 g/mol. The quantitative estimate of drug-likeness (QED) is 0.236. The van der Waals surface area contributed by atoms with Gasteiger partial charge in [0.1, 0.15) is 5.03 Å². The summed E-state index contributed by atoms with van der Waals surface area (Å²) in [6.07, 6.45) is 2.01. The highest BCUT2D eigenvalue weighted by atomic mass is 35.5. The van der Waals surface area contributed by atoms with E-state index in [-0.39, 0.29) is 0 Å². The zero-order valence-electron chi connectivity index (χ0n) is 12.1. The fourth-order valence-corrected chi connectivity index (χ4v) is 4.96. The third-order valence-corrected chi connectivity index (χ3v) is 6.47. The van der Waals surface area contributed by atoms with Crippen LogP contribution in [-0.4, -0.2) is 16.2 Å². The van der Waals surface area contributed by atoms with Crippen LogP contribution in [0.15, 0.2) is 63.6 Å². The van der Waals surface area contributed by atoms with Gasteiger partial charge in [0.05, 0.1) is 10.2 Å². The van der Waals surface area contributed by atoms with Crippen molar-refractivity contribution in [3.63, 3.8) is 0 Å². The SMILES string of the molecule is CSc1nc(Sc2ccc(Cl)cc2)c2sc3ccccc3c2n1. The van der Waals surface area contributed by atoms with Crippen LogP contribution in [-0.2, 0) is 0 Å². The van der Waals surface area contributed by atoms with E-state index in [4.69, 9.17) is 21.6 Å². The van der Waals surface area contributed by atoms with E-state index in [0.717, 1.165) is 30.3 Å². The number of nitrogens with zero attached hydrogens (tertiary/aromatic N) is 2. The average molecular weight is 375 g/mol. The number of thiophene rings is 1. The molecule has 2 heterocycles. The van der Waals surface area contributed by atoms with Gasteiger partial charge in [0.25, 0.3) is 0 Å². The van der Waals surface area contributed by atoms with Crippen molar-refractivity contribution in [2.45, 2.75) is 15.1 Å². The molecule has 0 bridgehead atoms. The molecule has 0 saturated carbocycles. The smallest absolute Gasteiger partial charge is 0.189 e. The summed E-state index contributed by atoms with van der Waals surface area (Å²) in [6, 6.07) is 16.2. The summed E-state index contributed by atoms with van der Waals surface area (Å²) in [6.45, 7) is 0. The zero-order chi connectivity index (χ0) is 15.8. The van der Waals surface area contributed by atoms with E-state index in [1.54, 1.807) is 34.9 Å². The molecule has 4 aromatic rings. The average Bonchev–Trinajstić information content (AvgIpc) is 2.96. The van der Waals surface area contributed by atoms with Crippen molar-refractivity contribution in [3.05, 3.63) is 53.6 Å². The van der Waals surface area contributed by atoms with Crippen LogP contribution in [0.25, 0.3) is 20.3 Å². The summed E-state index contributed by atoms with van der Waals surface area (Å²) in [5, 5.41) is 3.75. The maximum Gasteiger partial charge on any atom is 0.189 e. The second-order valence-corrected chi connectivity index (χ2v) is 8.17. The molecule has 0 N–H and O–H groups in total. The van der Waals surface area contributed by atoms with Crippen molar-refractivity contribution in [3.8, 4) is 0 Å². The Kier molecular flexibility index (Phi) is 4.20. The van der Waals surface area contributed by atoms with Crippen LogP contribution in [0, 0.1) is 0 Å². The lowest BCUT2D eigenvalue weighted by atomic mass is 10.2. The summed E-state index contributed by atoms with van der Waals surface area (Å²) in [5.74, 6) is 0. The summed E-state index contributed by atoms with van der Waals surface area (Å²) >= 11 is 11.0. The summed E-state index contributed by atoms with van der Waals surface area (Å²) in [5.41, 5.74) is 1.04. The fourth-order valence-electron chi connectivity index (χ4n) is 2.32. The molecule has 114 valence electrons. The number of halogens is 1. The third kappa shape index (κ3) is 2.94. The van der Waals surface area contributed by atoms with Gasteiger partial charge < -0.3 is 0 Å². The topological polar surface area (TPSA) is 25.8 Å². The number of rotatable bonds is 3. The highest BCUT2D eigenvalue weighted by Gasteiger charge is 2.14. The molecule has 0 saturated heterocycles. The Morgan fingerprint density at radius 2 is 1.78 bits per heavy atom. The molecule has 0 spiro atoms. The first kappa shape index (κ1) is 15.3. The first-order chi connectivity index (χ1) is 11.2. The van der Waals surface area contributed by atoms with Crippen LogP contribution in [0.2, 0.25) is 5.02 Å². The molecule has 0 atom stereocenters. The third-order valence-electron chi connectivity index (χ3n) is 3.38. The molecule has 2 aromatic heterocycles. The van der Waals surface area contributed by atoms with Gasteiger partial charge in [-0.3, -0.25) is 0 Å². The van der Waals surface area contributed by atoms with E-state index in [1.165, 1.54) is 10.1 Å². The number of thioether (sulfide) groups is 1. The Bertz CT molecular complexity index is 996. The number of hydrogen-bond donors (Lipinski definition) is 0. The van der Waals surface area contributed by atoms with E-state index in [9.17, 15) is 0 Å². The van der Waals surface area contributed by atoms with Gasteiger partial charge in [-0.1, -0.05) is 53.3 Å². The maximum absolute atomic E-state index is 5.97. The lowest BCUT2D eigenvalue weighted by molar-refractivity contribution is 0.940. The predicted molar refractivity (Wildman–Crippen MR) is 102 cm³/mol. The molecule has 0 fully saturated rings. The minimum Gasteiger partial charge on any atom is -0.221 e. The zero-order valence-corrected chi connectivity index (χ0v) is 15.3. The monoisotopic (exact) mass is 374 g/mol. The molecule has 6 heteroatoms. The maximum atomic E-state index is 5.97. The van der Waals surface area contributed by atoms with E-state index < -0.39 is 0 Å². The molecular formula is C17H11ClN2S3. The van der Waals surface area contributed by atoms with Crippen LogP contribution in [0.4, 0.5) is 0 Å². The second-order valence-electron chi connectivity index (χ2n) is 4.85. The Morgan fingerprint density at radius 3 is 2.57 bits per heavy atom. The van der Waals surface area contributed by atoms with Gasteiger partial charge in [0.2, 0.25) is 0 Å². The summed E-state index contributed by atoms with van der Waals surface area (Å²) in [4.78, 5) is 10.6. The van der Waals surface area contributed by atoms with Crippen molar-refractivity contribution in [1.82, 2.24) is 9.97 Å². The predicted octanol–water partition coefficient (Wildman–Crippen LogP) is 6.37. The molecule has 23 heavy (non-hydrogen) atoms. The van der Waals surface area contributed by atoms with Gasteiger partial charge in [-0.15, -0.1) is 11.3 Å². The molecule has 2 nitrogen and oxygen atoms in total. The van der Waals surface area contributed by atoms with Crippen LogP contribution >= 0.6 is 46.5 Å². The number of benzene rings is 2.